The van der Waals surface area contributed by atoms with Crippen molar-refractivity contribution in [1.29, 1.82) is 0 Å². The van der Waals surface area contributed by atoms with Crippen LogP contribution >= 0.6 is 0 Å². The highest BCUT2D eigenvalue weighted by atomic mass is 16.5. The molecule has 1 heterocycles. The van der Waals surface area contributed by atoms with Crippen molar-refractivity contribution in [3.63, 3.8) is 0 Å². The van der Waals surface area contributed by atoms with Gasteiger partial charge in [0.15, 0.2) is 0 Å². The normalized spacial score (nSPS) is 19.1. The van der Waals surface area contributed by atoms with E-state index in [1.807, 2.05) is 83.8 Å². The molecule has 0 radical (unpaired) electrons. The van der Waals surface area contributed by atoms with Crippen molar-refractivity contribution in [3.05, 3.63) is 90.0 Å². The minimum absolute atomic E-state index is 0.0277. The van der Waals surface area contributed by atoms with Gasteiger partial charge in [0.2, 0.25) is 5.91 Å². The zero-order chi connectivity index (χ0) is 22.8. The highest BCUT2D eigenvalue weighted by Crippen LogP contribution is 2.51. The predicted octanol–water partition coefficient (Wildman–Crippen LogP) is 5.78. The third-order valence-electron chi connectivity index (χ3n) is 7.05. The quantitative estimate of drug-likeness (QED) is 0.559. The Hall–Kier alpha value is -3.60. The monoisotopic (exact) mass is 440 g/mol. The average Bonchev–Trinajstić information content (AvgIpc) is 2.86. The molecule has 2 amide bonds. The van der Waals surface area contributed by atoms with Gasteiger partial charge >= 0.3 is 0 Å². The molecule has 0 bridgehead atoms. The van der Waals surface area contributed by atoms with Crippen molar-refractivity contribution >= 4 is 23.2 Å². The molecule has 5 rings (SSSR count). The number of carbonyl (C=O) groups is 2. The summed E-state index contributed by atoms with van der Waals surface area (Å²) >= 11 is 0. The molecular weight excluding hydrogens is 412 g/mol. The van der Waals surface area contributed by atoms with Crippen molar-refractivity contribution in [2.24, 2.45) is 0 Å². The molecule has 1 spiro atoms. The van der Waals surface area contributed by atoms with Crippen LogP contribution in [-0.4, -0.2) is 24.5 Å². The molecular formula is C28H28N2O3. The van der Waals surface area contributed by atoms with E-state index in [0.29, 0.717) is 17.0 Å². The zero-order valence-corrected chi connectivity index (χ0v) is 18.8. The number of fused-ring (bicyclic) bond motifs is 1. The number of nitrogens with one attached hydrogen (secondary N) is 1. The Morgan fingerprint density at radius 3 is 2.33 bits per heavy atom. The molecule has 1 fully saturated rings. The highest BCUT2D eigenvalue weighted by Gasteiger charge is 2.55. The van der Waals surface area contributed by atoms with Crippen LogP contribution in [0.1, 0.15) is 53.9 Å². The van der Waals surface area contributed by atoms with Gasteiger partial charge in [-0.3, -0.25) is 9.59 Å². The third-order valence-corrected chi connectivity index (χ3v) is 7.05. The van der Waals surface area contributed by atoms with E-state index in [2.05, 4.69) is 5.32 Å². The fourth-order valence-corrected chi connectivity index (χ4v) is 5.65. The van der Waals surface area contributed by atoms with E-state index < -0.39 is 11.5 Å². The van der Waals surface area contributed by atoms with Gasteiger partial charge in [0.1, 0.15) is 5.75 Å². The number of benzene rings is 3. The van der Waals surface area contributed by atoms with Gasteiger partial charge in [0.25, 0.3) is 5.91 Å². The molecule has 0 aromatic heterocycles. The number of hydrogen-bond acceptors (Lipinski definition) is 3. The Labute approximate surface area is 194 Å². The fourth-order valence-electron chi connectivity index (χ4n) is 5.65. The molecule has 1 N–H and O–H groups in total. The molecule has 1 atom stereocenters. The number of para-hydroxylation sites is 3. The van der Waals surface area contributed by atoms with Gasteiger partial charge in [0, 0.05) is 11.3 Å². The summed E-state index contributed by atoms with van der Waals surface area (Å²) in [6, 6.07) is 24.8. The van der Waals surface area contributed by atoms with E-state index in [9.17, 15) is 9.59 Å². The molecule has 3 aromatic rings. The van der Waals surface area contributed by atoms with Crippen molar-refractivity contribution in [2.45, 2.75) is 43.6 Å². The van der Waals surface area contributed by atoms with E-state index >= 15 is 0 Å². The van der Waals surface area contributed by atoms with E-state index in [-0.39, 0.29) is 11.8 Å². The lowest BCUT2D eigenvalue weighted by Crippen LogP contribution is -2.62. The second kappa shape index (κ2) is 8.74. The zero-order valence-electron chi connectivity index (χ0n) is 18.8. The minimum atomic E-state index is -0.614. The van der Waals surface area contributed by atoms with Crippen LogP contribution in [0.15, 0.2) is 78.9 Å². The molecule has 1 aliphatic carbocycles. The maximum absolute atomic E-state index is 14.1. The highest BCUT2D eigenvalue weighted by molar-refractivity contribution is 6.13. The second-order valence-electron chi connectivity index (χ2n) is 8.85. The first-order valence-electron chi connectivity index (χ1n) is 11.6. The van der Waals surface area contributed by atoms with Crippen LogP contribution in [0, 0.1) is 0 Å². The summed E-state index contributed by atoms with van der Waals surface area (Å²) < 4.78 is 5.47. The number of ether oxygens (including phenoxy) is 1. The molecule has 3 aromatic carbocycles. The second-order valence-corrected chi connectivity index (χ2v) is 8.85. The number of rotatable bonds is 4. The summed E-state index contributed by atoms with van der Waals surface area (Å²) in [6.45, 7) is 0. The molecule has 1 aliphatic heterocycles. The predicted molar refractivity (Wildman–Crippen MR) is 130 cm³/mol. The maximum atomic E-state index is 14.1. The summed E-state index contributed by atoms with van der Waals surface area (Å²) in [7, 11) is 1.60. The van der Waals surface area contributed by atoms with E-state index in [1.165, 1.54) is 0 Å². The van der Waals surface area contributed by atoms with Crippen molar-refractivity contribution in [2.75, 3.05) is 17.3 Å². The molecule has 168 valence electrons. The Morgan fingerprint density at radius 2 is 1.58 bits per heavy atom. The number of hydrogen-bond donors (Lipinski definition) is 1. The van der Waals surface area contributed by atoms with Crippen molar-refractivity contribution < 1.29 is 14.3 Å². The first-order valence-corrected chi connectivity index (χ1v) is 11.6. The largest absolute Gasteiger partial charge is 0.495 e. The smallest absolute Gasteiger partial charge is 0.259 e. The van der Waals surface area contributed by atoms with E-state index in [1.54, 1.807) is 7.11 Å². The van der Waals surface area contributed by atoms with E-state index in [0.717, 1.165) is 43.4 Å². The molecule has 0 unspecified atom stereocenters. The number of amides is 2. The molecule has 5 nitrogen and oxygen atoms in total. The van der Waals surface area contributed by atoms with E-state index in [4.69, 9.17) is 4.74 Å². The Bertz CT molecular complexity index is 1170. The summed E-state index contributed by atoms with van der Waals surface area (Å²) in [6.07, 6.45) is 4.65. The van der Waals surface area contributed by atoms with Crippen LogP contribution in [0.3, 0.4) is 0 Å². The number of nitrogens with zero attached hydrogens (tertiary/aromatic N) is 1. The summed E-state index contributed by atoms with van der Waals surface area (Å²) in [5, 5.41) is 3.13. The van der Waals surface area contributed by atoms with Crippen LogP contribution in [0.4, 0.5) is 11.4 Å². The third kappa shape index (κ3) is 3.58. The molecule has 5 heteroatoms. The molecule has 0 saturated heterocycles. The van der Waals surface area contributed by atoms with Gasteiger partial charge in [-0.15, -0.1) is 0 Å². The Morgan fingerprint density at radius 1 is 0.909 bits per heavy atom. The molecule has 33 heavy (non-hydrogen) atoms. The first kappa shape index (κ1) is 21.3. The lowest BCUT2D eigenvalue weighted by molar-refractivity contribution is -0.119. The number of carbonyl (C=O) groups excluding carboxylic acids is 2. The van der Waals surface area contributed by atoms with Crippen LogP contribution < -0.4 is 15.0 Å². The topological polar surface area (TPSA) is 58.6 Å². The maximum Gasteiger partial charge on any atom is 0.259 e. The fraction of sp³-hybridized carbons (Fsp3) is 0.286. The minimum Gasteiger partial charge on any atom is -0.495 e. The lowest BCUT2D eigenvalue weighted by Gasteiger charge is -2.53. The number of anilines is 2. The summed E-state index contributed by atoms with van der Waals surface area (Å²) in [5.74, 6) is -0.0113. The summed E-state index contributed by atoms with van der Waals surface area (Å²) in [5.41, 5.74) is 2.27. The van der Waals surface area contributed by atoms with Crippen LogP contribution in [0.2, 0.25) is 0 Å². The van der Waals surface area contributed by atoms with Gasteiger partial charge in [-0.1, -0.05) is 67.8 Å². The molecule has 1 saturated carbocycles. The summed E-state index contributed by atoms with van der Waals surface area (Å²) in [4.78, 5) is 29.9. The van der Waals surface area contributed by atoms with Gasteiger partial charge in [-0.05, 0) is 48.7 Å². The Kier molecular flexibility index (Phi) is 5.63. The lowest BCUT2D eigenvalue weighted by atomic mass is 9.65. The average molecular weight is 441 g/mol. The van der Waals surface area contributed by atoms with Gasteiger partial charge in [-0.2, -0.15) is 0 Å². The van der Waals surface area contributed by atoms with Crippen LogP contribution in [0.25, 0.3) is 0 Å². The van der Waals surface area contributed by atoms with Gasteiger partial charge in [0.05, 0.1) is 24.3 Å². The standard InChI is InChI=1S/C28H28N2O3/c1-33-24-17-9-8-16-23(24)29-26(31)25-21-14-6-7-15-22(21)27(32)30(20-12-4-2-5-13-20)28(25)18-10-3-11-19-28/h2,4-9,12-17,25H,3,10-11,18-19H2,1H3,(H,29,31)/t25-/m0/s1. The van der Waals surface area contributed by atoms with Crippen LogP contribution in [-0.2, 0) is 4.79 Å². The van der Waals surface area contributed by atoms with Crippen LogP contribution in [0.5, 0.6) is 5.75 Å². The van der Waals surface area contributed by atoms with Crippen molar-refractivity contribution in [3.8, 4) is 5.75 Å². The van der Waals surface area contributed by atoms with Gasteiger partial charge in [-0.25, -0.2) is 0 Å². The van der Waals surface area contributed by atoms with Crippen molar-refractivity contribution in [1.82, 2.24) is 0 Å². The first-order chi connectivity index (χ1) is 16.2. The van der Waals surface area contributed by atoms with Gasteiger partial charge < -0.3 is 15.0 Å². The Balaban J connectivity index is 1.67. The number of methoxy groups -OCH3 is 1. The SMILES string of the molecule is COc1ccccc1NC(=O)[C@@H]1c2ccccc2C(=O)N(c2ccccc2)C12CCCCC2. The molecule has 2 aliphatic rings.